The summed E-state index contributed by atoms with van der Waals surface area (Å²) in [7, 11) is 0. The normalized spacial score (nSPS) is 28.6. The van der Waals surface area contributed by atoms with Crippen LogP contribution in [0.1, 0.15) is 36.8 Å². The Balaban J connectivity index is 1.49. The average molecular weight is 287 g/mol. The predicted molar refractivity (Wildman–Crippen MR) is 83.8 cm³/mol. The van der Waals surface area contributed by atoms with Crippen LogP contribution in [-0.2, 0) is 11.3 Å². The molecule has 4 nitrogen and oxygen atoms in total. The zero-order valence-electron chi connectivity index (χ0n) is 12.7. The lowest BCUT2D eigenvalue weighted by atomic mass is 9.98. The van der Waals surface area contributed by atoms with Gasteiger partial charge in [-0.1, -0.05) is 29.8 Å². The van der Waals surface area contributed by atoms with E-state index in [1.165, 1.54) is 18.4 Å². The first-order valence-corrected chi connectivity index (χ1v) is 7.95. The van der Waals surface area contributed by atoms with Crippen molar-refractivity contribution in [3.8, 4) is 0 Å². The van der Waals surface area contributed by atoms with E-state index >= 15 is 0 Å². The second kappa shape index (κ2) is 6.16. The molecule has 2 atom stereocenters. The molecule has 2 saturated heterocycles. The van der Waals surface area contributed by atoms with Gasteiger partial charge < -0.3 is 11.1 Å². The number of nitrogens with zero attached hydrogens (tertiary/aromatic N) is 1. The van der Waals surface area contributed by atoms with Crippen LogP contribution < -0.4 is 11.1 Å². The van der Waals surface area contributed by atoms with Gasteiger partial charge in [-0.05, 0) is 38.2 Å². The molecule has 0 aliphatic carbocycles. The molecule has 0 aromatic heterocycles. The summed E-state index contributed by atoms with van der Waals surface area (Å²) < 4.78 is 0. The molecule has 114 valence electrons. The van der Waals surface area contributed by atoms with Crippen LogP contribution in [0.2, 0.25) is 0 Å². The molecule has 3 N–H and O–H groups in total. The van der Waals surface area contributed by atoms with Gasteiger partial charge in [0.15, 0.2) is 0 Å². The molecule has 2 aliphatic rings. The van der Waals surface area contributed by atoms with E-state index < -0.39 is 0 Å². The fraction of sp³-hybridized carbons (Fsp3) is 0.588. The highest BCUT2D eigenvalue weighted by Crippen LogP contribution is 2.34. The van der Waals surface area contributed by atoms with Gasteiger partial charge >= 0.3 is 0 Å². The highest BCUT2D eigenvalue weighted by atomic mass is 16.2. The van der Waals surface area contributed by atoms with Gasteiger partial charge in [-0.25, -0.2) is 0 Å². The molecular weight excluding hydrogens is 262 g/mol. The molecule has 3 rings (SSSR count). The Labute approximate surface area is 126 Å². The summed E-state index contributed by atoms with van der Waals surface area (Å²) in [5.74, 6) is 0.128. The molecule has 1 aromatic rings. The van der Waals surface area contributed by atoms with Crippen LogP contribution in [0.25, 0.3) is 0 Å². The van der Waals surface area contributed by atoms with Crippen molar-refractivity contribution in [1.29, 1.82) is 0 Å². The molecule has 0 spiro atoms. The number of hydrogen-bond acceptors (Lipinski definition) is 3. The summed E-state index contributed by atoms with van der Waals surface area (Å²) in [6, 6.07) is 9.65. The van der Waals surface area contributed by atoms with E-state index in [1.807, 2.05) is 0 Å². The number of nitrogens with one attached hydrogen (secondary N) is 1. The number of nitrogens with two attached hydrogens (primary N) is 1. The number of piperidine rings is 1. The molecule has 0 saturated carbocycles. The van der Waals surface area contributed by atoms with E-state index in [9.17, 15) is 4.79 Å². The van der Waals surface area contributed by atoms with Crippen LogP contribution in [0.5, 0.6) is 0 Å². The van der Waals surface area contributed by atoms with E-state index in [0.29, 0.717) is 31.2 Å². The van der Waals surface area contributed by atoms with Crippen molar-refractivity contribution in [3.63, 3.8) is 0 Å². The fourth-order valence-corrected chi connectivity index (χ4v) is 3.70. The summed E-state index contributed by atoms with van der Waals surface area (Å²) in [6.45, 7) is 3.20. The Bertz CT molecular complexity index is 485. The van der Waals surface area contributed by atoms with E-state index in [2.05, 4.69) is 41.4 Å². The zero-order chi connectivity index (χ0) is 14.8. The quantitative estimate of drug-likeness (QED) is 0.883. The van der Waals surface area contributed by atoms with Crippen molar-refractivity contribution in [2.24, 2.45) is 5.73 Å². The monoisotopic (exact) mass is 287 g/mol. The maximum atomic E-state index is 12.2. The molecule has 2 heterocycles. The average Bonchev–Trinajstić information content (AvgIpc) is 2.70. The number of amides is 1. The van der Waals surface area contributed by atoms with Crippen molar-refractivity contribution in [3.05, 3.63) is 35.4 Å². The minimum atomic E-state index is 0.128. The van der Waals surface area contributed by atoms with E-state index in [1.54, 1.807) is 0 Å². The third kappa shape index (κ3) is 3.44. The molecule has 2 unspecified atom stereocenters. The number of hydrogen-bond donors (Lipinski definition) is 2. The molecule has 2 aliphatic heterocycles. The highest BCUT2D eigenvalue weighted by molar-refractivity contribution is 5.78. The predicted octanol–water partition coefficient (Wildman–Crippen LogP) is 1.57. The third-order valence-corrected chi connectivity index (χ3v) is 4.86. The molecule has 4 heteroatoms. The lowest BCUT2D eigenvalue weighted by Crippen LogP contribution is -2.50. The second-order valence-corrected chi connectivity index (χ2v) is 6.55. The molecule has 2 bridgehead atoms. The highest BCUT2D eigenvalue weighted by Gasteiger charge is 2.40. The minimum absolute atomic E-state index is 0.128. The molecule has 1 aromatic carbocycles. The van der Waals surface area contributed by atoms with Crippen molar-refractivity contribution in [2.75, 3.05) is 6.54 Å². The first-order valence-electron chi connectivity index (χ1n) is 7.95. The first kappa shape index (κ1) is 14.5. The standard InChI is InChI=1S/C17H25N3O/c1-12-2-4-13(5-3-12)10-19-17(21)11-20-15-6-7-16(20)9-14(18)8-15/h2-5,14-16H,6-11,18H2,1H3,(H,19,21). The molecule has 21 heavy (non-hydrogen) atoms. The Morgan fingerprint density at radius 1 is 1.24 bits per heavy atom. The van der Waals surface area contributed by atoms with E-state index in [0.717, 1.165) is 18.4 Å². The van der Waals surface area contributed by atoms with Gasteiger partial charge in [0.1, 0.15) is 0 Å². The molecule has 1 amide bonds. The molecular formula is C17H25N3O. The number of fused-ring (bicyclic) bond motifs is 2. The minimum Gasteiger partial charge on any atom is -0.351 e. The largest absolute Gasteiger partial charge is 0.351 e. The van der Waals surface area contributed by atoms with Crippen molar-refractivity contribution >= 4 is 5.91 Å². The molecule has 0 radical (unpaired) electrons. The lowest BCUT2D eigenvalue weighted by Gasteiger charge is -2.37. The number of carbonyl (C=O) groups excluding carboxylic acids is 1. The maximum absolute atomic E-state index is 12.2. The van der Waals surface area contributed by atoms with Gasteiger partial charge in [0, 0.05) is 24.7 Å². The SMILES string of the molecule is Cc1ccc(CNC(=O)CN2C3CCC2CC(N)C3)cc1. The van der Waals surface area contributed by atoms with Crippen LogP contribution >= 0.6 is 0 Å². The Hall–Kier alpha value is -1.39. The Morgan fingerprint density at radius 3 is 2.48 bits per heavy atom. The van der Waals surface area contributed by atoms with Crippen LogP contribution in [0.3, 0.4) is 0 Å². The maximum Gasteiger partial charge on any atom is 0.234 e. The summed E-state index contributed by atoms with van der Waals surface area (Å²) in [4.78, 5) is 14.5. The van der Waals surface area contributed by atoms with Crippen LogP contribution in [0, 0.1) is 6.92 Å². The summed E-state index contributed by atoms with van der Waals surface area (Å²) in [5.41, 5.74) is 8.46. The Kier molecular flexibility index (Phi) is 4.27. The van der Waals surface area contributed by atoms with Gasteiger partial charge in [-0.3, -0.25) is 9.69 Å². The van der Waals surface area contributed by atoms with Crippen LogP contribution in [0.4, 0.5) is 0 Å². The van der Waals surface area contributed by atoms with E-state index in [4.69, 9.17) is 5.73 Å². The zero-order valence-corrected chi connectivity index (χ0v) is 12.7. The van der Waals surface area contributed by atoms with Crippen molar-refractivity contribution in [2.45, 2.75) is 57.3 Å². The fourth-order valence-electron chi connectivity index (χ4n) is 3.70. The number of carbonyl (C=O) groups is 1. The van der Waals surface area contributed by atoms with E-state index in [-0.39, 0.29) is 5.91 Å². The first-order chi connectivity index (χ1) is 10.1. The number of aryl methyl sites for hydroxylation is 1. The third-order valence-electron chi connectivity index (χ3n) is 4.86. The molecule has 2 fully saturated rings. The van der Waals surface area contributed by atoms with Gasteiger partial charge in [0.2, 0.25) is 5.91 Å². The van der Waals surface area contributed by atoms with Gasteiger partial charge in [-0.2, -0.15) is 0 Å². The smallest absolute Gasteiger partial charge is 0.234 e. The topological polar surface area (TPSA) is 58.4 Å². The summed E-state index contributed by atoms with van der Waals surface area (Å²) >= 11 is 0. The van der Waals surface area contributed by atoms with Gasteiger partial charge in [0.05, 0.1) is 6.54 Å². The van der Waals surface area contributed by atoms with Gasteiger partial charge in [0.25, 0.3) is 0 Å². The number of benzene rings is 1. The Morgan fingerprint density at radius 2 is 1.86 bits per heavy atom. The van der Waals surface area contributed by atoms with Crippen LogP contribution in [-0.4, -0.2) is 35.5 Å². The number of rotatable bonds is 4. The summed E-state index contributed by atoms with van der Waals surface area (Å²) in [6.07, 6.45) is 4.48. The van der Waals surface area contributed by atoms with Crippen molar-refractivity contribution < 1.29 is 4.79 Å². The summed E-state index contributed by atoms with van der Waals surface area (Å²) in [5, 5.41) is 3.03. The van der Waals surface area contributed by atoms with Gasteiger partial charge in [-0.15, -0.1) is 0 Å². The van der Waals surface area contributed by atoms with Crippen molar-refractivity contribution in [1.82, 2.24) is 10.2 Å². The second-order valence-electron chi connectivity index (χ2n) is 6.55. The lowest BCUT2D eigenvalue weighted by molar-refractivity contribution is -0.123. The van der Waals surface area contributed by atoms with Crippen LogP contribution in [0.15, 0.2) is 24.3 Å².